The van der Waals surface area contributed by atoms with Crippen molar-refractivity contribution in [3.63, 3.8) is 0 Å². The highest BCUT2D eigenvalue weighted by atomic mass is 16.5. The van der Waals surface area contributed by atoms with Crippen LogP contribution in [-0.2, 0) is 9.53 Å². The van der Waals surface area contributed by atoms with E-state index in [0.717, 1.165) is 25.9 Å². The van der Waals surface area contributed by atoms with Gasteiger partial charge in [0.15, 0.2) is 0 Å². The maximum absolute atomic E-state index is 10.7. The van der Waals surface area contributed by atoms with Crippen LogP contribution in [0.15, 0.2) is 0 Å². The van der Waals surface area contributed by atoms with Crippen molar-refractivity contribution in [2.45, 2.75) is 12.8 Å². The molecule has 0 saturated carbocycles. The van der Waals surface area contributed by atoms with Gasteiger partial charge in [0.2, 0.25) is 0 Å². The first-order valence-corrected chi connectivity index (χ1v) is 4.68. The van der Waals surface area contributed by atoms with Gasteiger partial charge in [-0.15, -0.1) is 0 Å². The van der Waals surface area contributed by atoms with E-state index in [1.54, 1.807) is 7.11 Å². The average Bonchev–Trinajstić information content (AvgIpc) is 2.15. The molecule has 1 heterocycles. The van der Waals surface area contributed by atoms with Crippen LogP contribution >= 0.6 is 0 Å². The summed E-state index contributed by atoms with van der Waals surface area (Å²) in [6.07, 6.45) is 1.81. The predicted octanol–water partition coefficient (Wildman–Crippen LogP) is 0.429. The van der Waals surface area contributed by atoms with Gasteiger partial charge < -0.3 is 14.7 Å². The normalized spacial score (nSPS) is 24.5. The van der Waals surface area contributed by atoms with Crippen molar-refractivity contribution in [3.05, 3.63) is 0 Å². The van der Waals surface area contributed by atoms with Crippen LogP contribution in [0.4, 0.5) is 0 Å². The number of ether oxygens (including phenoxy) is 1. The SMILES string of the molecule is COCCN1CCCC(C(=O)O)C1. The molecule has 0 aliphatic carbocycles. The molecule has 0 aromatic heterocycles. The molecule has 76 valence electrons. The van der Waals surface area contributed by atoms with Gasteiger partial charge in [-0.1, -0.05) is 0 Å². The Labute approximate surface area is 78.5 Å². The molecule has 0 aromatic rings. The Kier molecular flexibility index (Phi) is 4.18. The van der Waals surface area contributed by atoms with E-state index in [0.29, 0.717) is 13.2 Å². The Morgan fingerprint density at radius 1 is 1.69 bits per heavy atom. The molecule has 0 amide bonds. The van der Waals surface area contributed by atoms with Crippen molar-refractivity contribution in [1.82, 2.24) is 4.90 Å². The molecule has 13 heavy (non-hydrogen) atoms. The van der Waals surface area contributed by atoms with E-state index in [2.05, 4.69) is 4.90 Å². The second-order valence-electron chi connectivity index (χ2n) is 3.47. The lowest BCUT2D eigenvalue weighted by Gasteiger charge is -2.30. The van der Waals surface area contributed by atoms with Crippen molar-refractivity contribution < 1.29 is 14.6 Å². The maximum atomic E-state index is 10.7. The van der Waals surface area contributed by atoms with Gasteiger partial charge in [-0.05, 0) is 19.4 Å². The van der Waals surface area contributed by atoms with Crippen LogP contribution in [0.25, 0.3) is 0 Å². The quantitative estimate of drug-likeness (QED) is 0.693. The zero-order valence-electron chi connectivity index (χ0n) is 8.03. The van der Waals surface area contributed by atoms with Gasteiger partial charge in [0, 0.05) is 20.2 Å². The number of carboxylic acid groups (broad SMARTS) is 1. The molecule has 1 aliphatic rings. The zero-order valence-corrected chi connectivity index (χ0v) is 8.03. The van der Waals surface area contributed by atoms with Crippen molar-refractivity contribution in [2.75, 3.05) is 33.4 Å². The molecule has 1 rings (SSSR count). The van der Waals surface area contributed by atoms with Crippen LogP contribution in [0.1, 0.15) is 12.8 Å². The summed E-state index contributed by atoms with van der Waals surface area (Å²) in [7, 11) is 1.67. The second kappa shape index (κ2) is 5.19. The molecule has 1 saturated heterocycles. The predicted molar refractivity (Wildman–Crippen MR) is 48.7 cm³/mol. The third-order valence-electron chi connectivity index (χ3n) is 2.47. The Morgan fingerprint density at radius 3 is 3.08 bits per heavy atom. The first-order valence-electron chi connectivity index (χ1n) is 4.68. The number of likely N-dealkylation sites (tertiary alicyclic amines) is 1. The third-order valence-corrected chi connectivity index (χ3v) is 2.47. The highest BCUT2D eigenvalue weighted by Gasteiger charge is 2.24. The summed E-state index contributed by atoms with van der Waals surface area (Å²) in [5, 5.41) is 8.82. The van der Waals surface area contributed by atoms with Crippen LogP contribution in [0, 0.1) is 5.92 Å². The maximum Gasteiger partial charge on any atom is 0.307 e. The van der Waals surface area contributed by atoms with Gasteiger partial charge >= 0.3 is 5.97 Å². The first-order chi connectivity index (χ1) is 6.24. The smallest absolute Gasteiger partial charge is 0.307 e. The largest absolute Gasteiger partial charge is 0.481 e. The van der Waals surface area contributed by atoms with E-state index in [1.165, 1.54) is 0 Å². The van der Waals surface area contributed by atoms with E-state index < -0.39 is 5.97 Å². The van der Waals surface area contributed by atoms with Crippen LogP contribution in [0.2, 0.25) is 0 Å². The van der Waals surface area contributed by atoms with E-state index in [1.807, 2.05) is 0 Å². The van der Waals surface area contributed by atoms with Crippen molar-refractivity contribution in [2.24, 2.45) is 5.92 Å². The minimum Gasteiger partial charge on any atom is -0.481 e. The molecule has 1 fully saturated rings. The van der Waals surface area contributed by atoms with Crippen molar-refractivity contribution in [1.29, 1.82) is 0 Å². The van der Waals surface area contributed by atoms with Gasteiger partial charge in [0.25, 0.3) is 0 Å². The fourth-order valence-electron chi connectivity index (χ4n) is 1.68. The van der Waals surface area contributed by atoms with E-state index in [-0.39, 0.29) is 5.92 Å². The summed E-state index contributed by atoms with van der Waals surface area (Å²) in [6, 6.07) is 0. The minimum atomic E-state index is -0.665. The highest BCUT2D eigenvalue weighted by molar-refractivity contribution is 5.70. The lowest BCUT2D eigenvalue weighted by molar-refractivity contribution is -0.143. The Balaban J connectivity index is 2.29. The van der Waals surface area contributed by atoms with Crippen molar-refractivity contribution >= 4 is 5.97 Å². The standard InChI is InChI=1S/C9H17NO3/c1-13-6-5-10-4-2-3-8(7-10)9(11)12/h8H,2-7H2,1H3,(H,11,12). The lowest BCUT2D eigenvalue weighted by Crippen LogP contribution is -2.40. The number of piperidine rings is 1. The van der Waals surface area contributed by atoms with E-state index >= 15 is 0 Å². The topological polar surface area (TPSA) is 49.8 Å². The summed E-state index contributed by atoms with van der Waals surface area (Å²) in [5.74, 6) is -0.840. The summed E-state index contributed by atoms with van der Waals surface area (Å²) in [5.41, 5.74) is 0. The van der Waals surface area contributed by atoms with Gasteiger partial charge in [-0.25, -0.2) is 0 Å². The molecule has 1 unspecified atom stereocenters. The van der Waals surface area contributed by atoms with E-state index in [4.69, 9.17) is 9.84 Å². The number of rotatable bonds is 4. The molecule has 0 aromatic carbocycles. The molecule has 1 aliphatic heterocycles. The molecule has 0 bridgehead atoms. The summed E-state index contributed by atoms with van der Waals surface area (Å²) < 4.78 is 4.95. The van der Waals surface area contributed by atoms with Gasteiger partial charge in [0.1, 0.15) is 0 Å². The van der Waals surface area contributed by atoms with Crippen LogP contribution in [0.3, 0.4) is 0 Å². The summed E-state index contributed by atoms with van der Waals surface area (Å²) >= 11 is 0. The number of carboxylic acids is 1. The number of nitrogens with zero attached hydrogens (tertiary/aromatic N) is 1. The Hall–Kier alpha value is -0.610. The Bertz CT molecular complexity index is 172. The van der Waals surface area contributed by atoms with Gasteiger partial charge in [-0.2, -0.15) is 0 Å². The Morgan fingerprint density at radius 2 is 2.46 bits per heavy atom. The van der Waals surface area contributed by atoms with Gasteiger partial charge in [-0.3, -0.25) is 4.79 Å². The minimum absolute atomic E-state index is 0.175. The first kappa shape index (κ1) is 10.5. The van der Waals surface area contributed by atoms with Crippen LogP contribution in [-0.4, -0.2) is 49.3 Å². The molecule has 1 N–H and O–H groups in total. The van der Waals surface area contributed by atoms with Crippen LogP contribution < -0.4 is 0 Å². The molecule has 4 heteroatoms. The molecule has 1 atom stereocenters. The lowest BCUT2D eigenvalue weighted by atomic mass is 9.98. The molecule has 0 radical (unpaired) electrons. The molecule has 0 spiro atoms. The van der Waals surface area contributed by atoms with Crippen molar-refractivity contribution in [3.8, 4) is 0 Å². The number of hydrogen-bond acceptors (Lipinski definition) is 3. The molecular formula is C9H17NO3. The summed E-state index contributed by atoms with van der Waals surface area (Å²) in [6.45, 7) is 3.22. The fourth-order valence-corrected chi connectivity index (χ4v) is 1.68. The second-order valence-corrected chi connectivity index (χ2v) is 3.47. The molecule has 4 nitrogen and oxygen atoms in total. The average molecular weight is 187 g/mol. The number of hydrogen-bond donors (Lipinski definition) is 1. The highest BCUT2D eigenvalue weighted by Crippen LogP contribution is 2.15. The molecular weight excluding hydrogens is 170 g/mol. The number of methoxy groups -OCH3 is 1. The van der Waals surface area contributed by atoms with Crippen LogP contribution in [0.5, 0.6) is 0 Å². The number of carbonyl (C=O) groups is 1. The fraction of sp³-hybridized carbons (Fsp3) is 0.889. The third kappa shape index (κ3) is 3.32. The van der Waals surface area contributed by atoms with E-state index in [9.17, 15) is 4.79 Å². The number of aliphatic carboxylic acids is 1. The van der Waals surface area contributed by atoms with Gasteiger partial charge in [0.05, 0.1) is 12.5 Å². The monoisotopic (exact) mass is 187 g/mol. The zero-order chi connectivity index (χ0) is 9.68. The summed E-state index contributed by atoms with van der Waals surface area (Å²) in [4.78, 5) is 12.9.